The highest BCUT2D eigenvalue weighted by atomic mass is 32.2. The summed E-state index contributed by atoms with van der Waals surface area (Å²) in [6, 6.07) is 5.60. The molecule has 1 amide bonds. The van der Waals surface area contributed by atoms with Crippen molar-refractivity contribution < 1.29 is 4.79 Å². The highest BCUT2D eigenvalue weighted by Crippen LogP contribution is 2.18. The van der Waals surface area contributed by atoms with E-state index in [9.17, 15) is 4.79 Å². The predicted molar refractivity (Wildman–Crippen MR) is 113 cm³/mol. The summed E-state index contributed by atoms with van der Waals surface area (Å²) in [5.41, 5.74) is 4.22. The van der Waals surface area contributed by atoms with Gasteiger partial charge in [0.2, 0.25) is 11.1 Å². The molecule has 0 spiro atoms. The van der Waals surface area contributed by atoms with Crippen molar-refractivity contribution in [3.05, 3.63) is 46.7 Å². The second kappa shape index (κ2) is 7.82. The smallest absolute Gasteiger partial charge is 0.253 e. The molecule has 4 aromatic heterocycles. The Balaban J connectivity index is 1.49. The Bertz CT molecular complexity index is 1240. The van der Waals surface area contributed by atoms with Gasteiger partial charge in [-0.2, -0.15) is 14.8 Å². The fourth-order valence-electron chi connectivity index (χ4n) is 3.06. The van der Waals surface area contributed by atoms with Gasteiger partial charge in [-0.15, -0.1) is 5.10 Å². The number of carbonyl (C=O) groups is 1. The number of fused-ring (bicyclic) bond motifs is 1. The van der Waals surface area contributed by atoms with Gasteiger partial charge in [-0.25, -0.2) is 19.5 Å². The van der Waals surface area contributed by atoms with E-state index in [0.29, 0.717) is 22.7 Å². The lowest BCUT2D eigenvalue weighted by Crippen LogP contribution is -2.18. The molecule has 0 unspecified atom stereocenters. The minimum absolute atomic E-state index is 0.146. The Morgan fingerprint density at radius 2 is 1.60 bits per heavy atom. The first-order chi connectivity index (χ1) is 14.3. The number of hydrogen-bond donors (Lipinski definition) is 1. The van der Waals surface area contributed by atoms with E-state index in [0.717, 1.165) is 28.5 Å². The minimum Gasteiger partial charge on any atom is -0.310 e. The van der Waals surface area contributed by atoms with Crippen LogP contribution < -0.4 is 5.32 Å². The van der Waals surface area contributed by atoms with Crippen molar-refractivity contribution >= 4 is 29.3 Å². The highest BCUT2D eigenvalue weighted by Gasteiger charge is 2.15. The summed E-state index contributed by atoms with van der Waals surface area (Å²) >= 11 is 1.25. The average Bonchev–Trinajstić information content (AvgIpc) is 3.22. The number of rotatable bonds is 5. The van der Waals surface area contributed by atoms with Crippen LogP contribution in [-0.4, -0.2) is 51.0 Å². The number of aryl methyl sites for hydroxylation is 5. The normalized spacial score (nSPS) is 11.2. The molecule has 0 aliphatic carbocycles. The van der Waals surface area contributed by atoms with Crippen molar-refractivity contribution in [1.29, 1.82) is 0 Å². The molecule has 11 heteroatoms. The molecular formula is C19H21N9OS. The fraction of sp³-hybridized carbons (Fsp3) is 0.316. The van der Waals surface area contributed by atoms with Crippen molar-refractivity contribution in [2.24, 2.45) is 0 Å². The van der Waals surface area contributed by atoms with E-state index in [1.54, 1.807) is 10.6 Å². The number of amides is 1. The van der Waals surface area contributed by atoms with E-state index in [1.165, 1.54) is 16.4 Å². The Morgan fingerprint density at radius 1 is 0.900 bits per heavy atom. The zero-order valence-electron chi connectivity index (χ0n) is 17.3. The molecule has 10 nitrogen and oxygen atoms in total. The highest BCUT2D eigenvalue weighted by molar-refractivity contribution is 7.99. The van der Waals surface area contributed by atoms with Gasteiger partial charge in [0.15, 0.2) is 0 Å². The summed E-state index contributed by atoms with van der Waals surface area (Å²) in [5, 5.41) is 12.2. The Morgan fingerprint density at radius 3 is 2.33 bits per heavy atom. The van der Waals surface area contributed by atoms with Crippen LogP contribution in [0.5, 0.6) is 0 Å². The number of nitrogens with one attached hydrogen (secondary N) is 1. The van der Waals surface area contributed by atoms with Crippen LogP contribution in [0.2, 0.25) is 0 Å². The molecule has 0 radical (unpaired) electrons. The summed E-state index contributed by atoms with van der Waals surface area (Å²) in [6.45, 7) is 9.48. The third kappa shape index (κ3) is 4.15. The molecule has 30 heavy (non-hydrogen) atoms. The standard InChI is InChI=1S/C19H21N9OS/c1-10-6-11(2)21-17(20-10)28-15(8-13(4)25-28)23-16(29)9-30-19-24-18-22-12(3)7-14(5)27(18)26-19/h6-8H,9H2,1-5H3,(H,23,29). The first-order valence-electron chi connectivity index (χ1n) is 9.31. The number of hydrogen-bond acceptors (Lipinski definition) is 8. The van der Waals surface area contributed by atoms with Gasteiger partial charge in [-0.05, 0) is 46.8 Å². The van der Waals surface area contributed by atoms with Gasteiger partial charge in [-0.3, -0.25) is 4.79 Å². The minimum atomic E-state index is -0.203. The maximum atomic E-state index is 12.6. The van der Waals surface area contributed by atoms with Crippen LogP contribution in [0.1, 0.15) is 28.5 Å². The Hall–Kier alpha value is -3.34. The number of thioether (sulfide) groups is 1. The predicted octanol–water partition coefficient (Wildman–Crippen LogP) is 2.37. The quantitative estimate of drug-likeness (QED) is 0.487. The maximum Gasteiger partial charge on any atom is 0.253 e. The van der Waals surface area contributed by atoms with Crippen LogP contribution in [0, 0.1) is 34.6 Å². The molecule has 4 rings (SSSR count). The third-order valence-corrected chi connectivity index (χ3v) is 5.03. The van der Waals surface area contributed by atoms with E-state index in [4.69, 9.17) is 0 Å². The van der Waals surface area contributed by atoms with E-state index >= 15 is 0 Å². The largest absolute Gasteiger partial charge is 0.310 e. The molecular weight excluding hydrogens is 402 g/mol. The van der Waals surface area contributed by atoms with E-state index in [2.05, 4.69) is 35.5 Å². The fourth-order valence-corrected chi connectivity index (χ4v) is 3.68. The summed E-state index contributed by atoms with van der Waals surface area (Å²) in [7, 11) is 0. The van der Waals surface area contributed by atoms with Gasteiger partial charge in [0.1, 0.15) is 5.82 Å². The van der Waals surface area contributed by atoms with Gasteiger partial charge < -0.3 is 5.32 Å². The van der Waals surface area contributed by atoms with E-state index < -0.39 is 0 Å². The maximum absolute atomic E-state index is 12.6. The molecule has 0 fully saturated rings. The number of aromatic nitrogens is 8. The molecule has 0 aliphatic heterocycles. The molecule has 0 aliphatic rings. The van der Waals surface area contributed by atoms with Crippen LogP contribution in [-0.2, 0) is 4.79 Å². The molecule has 0 bridgehead atoms. The lowest BCUT2D eigenvalue weighted by atomic mass is 10.4. The average molecular weight is 424 g/mol. The second-order valence-corrected chi connectivity index (χ2v) is 7.96. The van der Waals surface area contributed by atoms with Gasteiger partial charge in [0.05, 0.1) is 11.4 Å². The van der Waals surface area contributed by atoms with Crippen molar-refractivity contribution in [3.63, 3.8) is 0 Å². The van der Waals surface area contributed by atoms with Crippen LogP contribution in [0.4, 0.5) is 5.82 Å². The number of anilines is 1. The van der Waals surface area contributed by atoms with Crippen LogP contribution >= 0.6 is 11.8 Å². The van der Waals surface area contributed by atoms with Crippen molar-refractivity contribution in [2.45, 2.75) is 39.8 Å². The summed E-state index contributed by atoms with van der Waals surface area (Å²) in [6.07, 6.45) is 0. The first-order valence-corrected chi connectivity index (χ1v) is 10.3. The third-order valence-electron chi connectivity index (χ3n) is 4.19. The Kier molecular flexibility index (Phi) is 5.20. The first kappa shape index (κ1) is 20.0. The second-order valence-electron chi connectivity index (χ2n) is 7.02. The van der Waals surface area contributed by atoms with Crippen LogP contribution in [0.3, 0.4) is 0 Å². The molecule has 0 atom stereocenters. The van der Waals surface area contributed by atoms with Gasteiger partial charge in [0, 0.05) is 28.8 Å². The van der Waals surface area contributed by atoms with E-state index in [1.807, 2.05) is 46.8 Å². The van der Waals surface area contributed by atoms with E-state index in [-0.39, 0.29) is 11.7 Å². The molecule has 1 N–H and O–H groups in total. The topological polar surface area (TPSA) is 116 Å². The number of nitrogens with zero attached hydrogens (tertiary/aromatic N) is 8. The zero-order chi connectivity index (χ0) is 21.4. The molecule has 0 saturated heterocycles. The van der Waals surface area contributed by atoms with Gasteiger partial charge >= 0.3 is 0 Å². The number of carbonyl (C=O) groups excluding carboxylic acids is 1. The SMILES string of the molecule is Cc1cc(C)nc(-n2nc(C)cc2NC(=O)CSc2nc3nc(C)cc(C)n3n2)n1. The lowest BCUT2D eigenvalue weighted by molar-refractivity contribution is -0.113. The van der Waals surface area contributed by atoms with Crippen molar-refractivity contribution in [2.75, 3.05) is 11.1 Å². The zero-order valence-corrected chi connectivity index (χ0v) is 18.1. The molecule has 4 heterocycles. The molecule has 0 saturated carbocycles. The lowest BCUT2D eigenvalue weighted by Gasteiger charge is -2.08. The summed E-state index contributed by atoms with van der Waals surface area (Å²) in [4.78, 5) is 30.2. The van der Waals surface area contributed by atoms with Gasteiger partial charge in [0.25, 0.3) is 11.7 Å². The molecule has 0 aromatic carbocycles. The Labute approximate surface area is 177 Å². The monoisotopic (exact) mass is 423 g/mol. The molecule has 4 aromatic rings. The van der Waals surface area contributed by atoms with Crippen LogP contribution in [0.15, 0.2) is 23.4 Å². The van der Waals surface area contributed by atoms with Crippen molar-refractivity contribution in [3.8, 4) is 5.95 Å². The van der Waals surface area contributed by atoms with Crippen molar-refractivity contribution in [1.82, 2.24) is 39.3 Å². The molecule has 154 valence electrons. The summed E-state index contributed by atoms with van der Waals surface area (Å²) < 4.78 is 3.21. The van der Waals surface area contributed by atoms with Gasteiger partial charge in [-0.1, -0.05) is 11.8 Å². The van der Waals surface area contributed by atoms with Crippen LogP contribution in [0.25, 0.3) is 11.7 Å². The summed E-state index contributed by atoms with van der Waals surface area (Å²) in [5.74, 6) is 1.40.